The molecule has 1 amide bonds. The number of hydrogen-bond donors (Lipinski definition) is 1. The number of amides is 1. The van der Waals surface area contributed by atoms with Crippen LogP contribution in [0.2, 0.25) is 0 Å². The fourth-order valence-corrected chi connectivity index (χ4v) is 4.85. The van der Waals surface area contributed by atoms with E-state index in [-0.39, 0.29) is 22.8 Å². The van der Waals surface area contributed by atoms with Gasteiger partial charge in [-0.1, -0.05) is 12.1 Å². The van der Waals surface area contributed by atoms with E-state index in [4.69, 9.17) is 0 Å². The van der Waals surface area contributed by atoms with Crippen LogP contribution in [0.25, 0.3) is 0 Å². The average Bonchev–Trinajstić information content (AvgIpc) is 2.86. The number of aryl methyl sites for hydroxylation is 1. The standard InChI is InChI=1S/C20H24FN3O/c1-15-5-2-7-17(22-15)18(25)23-19-8-4-9-20(14-19,11-10-19)24-12-3-6-16(21)13-24/h2-3,5-7,13H,4,8-12,14H2,1H3,(H,23,25)/t19-,20+/m0/s1. The lowest BCUT2D eigenvalue weighted by Crippen LogP contribution is -2.54. The van der Waals surface area contributed by atoms with E-state index in [1.807, 2.05) is 25.1 Å². The summed E-state index contributed by atoms with van der Waals surface area (Å²) in [4.78, 5) is 19.2. The maximum Gasteiger partial charge on any atom is 0.270 e. The van der Waals surface area contributed by atoms with E-state index in [1.54, 1.807) is 12.3 Å². The van der Waals surface area contributed by atoms with E-state index < -0.39 is 0 Å². The highest BCUT2D eigenvalue weighted by molar-refractivity contribution is 5.92. The summed E-state index contributed by atoms with van der Waals surface area (Å²) in [5, 5.41) is 3.28. The average molecular weight is 341 g/mol. The van der Waals surface area contributed by atoms with E-state index >= 15 is 0 Å². The highest BCUT2D eigenvalue weighted by Gasteiger charge is 2.54. The van der Waals surface area contributed by atoms with Crippen LogP contribution < -0.4 is 5.32 Å². The third-order valence-corrected chi connectivity index (χ3v) is 6.00. The second-order valence-corrected chi connectivity index (χ2v) is 7.72. The van der Waals surface area contributed by atoms with Gasteiger partial charge in [-0.25, -0.2) is 9.37 Å². The Bertz CT molecular complexity index is 759. The van der Waals surface area contributed by atoms with Crippen LogP contribution in [0.3, 0.4) is 0 Å². The van der Waals surface area contributed by atoms with E-state index in [9.17, 15) is 9.18 Å². The predicted molar refractivity (Wildman–Crippen MR) is 94.6 cm³/mol. The first-order chi connectivity index (χ1) is 12.0. The molecule has 2 bridgehead atoms. The Balaban J connectivity index is 1.53. The van der Waals surface area contributed by atoms with Crippen molar-refractivity contribution in [1.82, 2.24) is 15.2 Å². The number of nitrogens with one attached hydrogen (secondary N) is 1. The van der Waals surface area contributed by atoms with Crippen molar-refractivity contribution in [2.45, 2.75) is 56.5 Å². The minimum atomic E-state index is -0.188. The maximum absolute atomic E-state index is 13.7. The van der Waals surface area contributed by atoms with Gasteiger partial charge in [0.25, 0.3) is 5.91 Å². The number of nitrogens with zero attached hydrogens (tertiary/aromatic N) is 2. The number of carbonyl (C=O) groups is 1. The molecule has 0 unspecified atom stereocenters. The van der Waals surface area contributed by atoms with Gasteiger partial charge in [0.2, 0.25) is 0 Å². The van der Waals surface area contributed by atoms with Gasteiger partial charge in [-0.15, -0.1) is 0 Å². The molecule has 2 atom stereocenters. The van der Waals surface area contributed by atoms with Gasteiger partial charge in [0.05, 0.1) is 0 Å². The second-order valence-electron chi connectivity index (χ2n) is 7.72. The molecule has 4 nitrogen and oxygen atoms in total. The third kappa shape index (κ3) is 2.96. The quantitative estimate of drug-likeness (QED) is 0.913. The van der Waals surface area contributed by atoms with Crippen molar-refractivity contribution in [2.75, 3.05) is 6.54 Å². The lowest BCUT2D eigenvalue weighted by molar-refractivity contribution is 0.0781. The largest absolute Gasteiger partial charge is 0.366 e. The Hall–Kier alpha value is -2.17. The summed E-state index contributed by atoms with van der Waals surface area (Å²) in [7, 11) is 0. The molecule has 2 fully saturated rings. The molecule has 5 heteroatoms. The second kappa shape index (κ2) is 5.97. The Labute approximate surface area is 147 Å². The van der Waals surface area contributed by atoms with E-state index in [2.05, 4.69) is 15.2 Å². The number of carbonyl (C=O) groups excluding carboxylic acids is 1. The number of fused-ring (bicyclic) bond motifs is 2. The number of pyridine rings is 1. The lowest BCUT2D eigenvalue weighted by atomic mass is 9.77. The van der Waals surface area contributed by atoms with Gasteiger partial charge >= 0.3 is 0 Å². The number of hydrogen-bond acceptors (Lipinski definition) is 3. The summed E-state index contributed by atoms with van der Waals surface area (Å²) in [6.07, 6.45) is 11.0. The number of aromatic nitrogens is 1. The van der Waals surface area contributed by atoms with Gasteiger partial charge in [0, 0.05) is 29.5 Å². The molecule has 2 aliphatic carbocycles. The van der Waals surface area contributed by atoms with E-state index in [0.717, 1.165) is 50.8 Å². The Kier molecular flexibility index (Phi) is 3.89. The zero-order valence-corrected chi connectivity index (χ0v) is 14.6. The first-order valence-corrected chi connectivity index (χ1v) is 9.07. The number of allylic oxidation sites excluding steroid dienone is 2. The van der Waals surface area contributed by atoms with Gasteiger partial charge in [-0.2, -0.15) is 0 Å². The molecule has 25 heavy (non-hydrogen) atoms. The minimum Gasteiger partial charge on any atom is -0.366 e. The van der Waals surface area contributed by atoms with Gasteiger partial charge in [-0.3, -0.25) is 4.79 Å². The van der Waals surface area contributed by atoms with Gasteiger partial charge < -0.3 is 10.2 Å². The van der Waals surface area contributed by atoms with Crippen LogP contribution in [0.15, 0.2) is 42.4 Å². The highest BCUT2D eigenvalue weighted by atomic mass is 19.1. The van der Waals surface area contributed by atoms with Crippen molar-refractivity contribution in [1.29, 1.82) is 0 Å². The van der Waals surface area contributed by atoms with Crippen molar-refractivity contribution >= 4 is 5.91 Å². The molecular weight excluding hydrogens is 317 g/mol. The van der Waals surface area contributed by atoms with Crippen molar-refractivity contribution in [2.24, 2.45) is 0 Å². The van der Waals surface area contributed by atoms with Crippen LogP contribution in [-0.4, -0.2) is 33.4 Å². The van der Waals surface area contributed by atoms with E-state index in [0.29, 0.717) is 5.69 Å². The highest BCUT2D eigenvalue weighted by Crippen LogP contribution is 2.51. The van der Waals surface area contributed by atoms with Crippen molar-refractivity contribution in [3.63, 3.8) is 0 Å². The Morgan fingerprint density at radius 1 is 1.28 bits per heavy atom. The summed E-state index contributed by atoms with van der Waals surface area (Å²) < 4.78 is 13.7. The smallest absolute Gasteiger partial charge is 0.270 e. The zero-order valence-electron chi connectivity index (χ0n) is 14.6. The molecule has 1 aromatic rings. The molecule has 1 N–H and O–H groups in total. The fraction of sp³-hybridized carbons (Fsp3) is 0.500. The first kappa shape index (κ1) is 16.3. The molecule has 0 saturated heterocycles. The van der Waals surface area contributed by atoms with Crippen LogP contribution in [0.4, 0.5) is 4.39 Å². The summed E-state index contributed by atoms with van der Waals surface area (Å²) in [5.74, 6) is -0.279. The van der Waals surface area contributed by atoms with Crippen LogP contribution in [0.5, 0.6) is 0 Å². The topological polar surface area (TPSA) is 45.2 Å². The molecule has 0 radical (unpaired) electrons. The van der Waals surface area contributed by atoms with Crippen LogP contribution >= 0.6 is 0 Å². The molecule has 2 saturated carbocycles. The number of rotatable bonds is 3. The summed E-state index contributed by atoms with van der Waals surface area (Å²) in [5.41, 5.74) is 1.10. The summed E-state index contributed by atoms with van der Waals surface area (Å²) in [6.45, 7) is 2.64. The van der Waals surface area contributed by atoms with Crippen LogP contribution in [-0.2, 0) is 0 Å². The van der Waals surface area contributed by atoms with Crippen molar-refractivity contribution in [3.8, 4) is 0 Å². The van der Waals surface area contributed by atoms with Crippen LogP contribution in [0, 0.1) is 6.92 Å². The van der Waals surface area contributed by atoms with Gasteiger partial charge in [-0.05, 0) is 63.7 Å². The molecule has 1 aromatic heterocycles. The molecule has 2 heterocycles. The first-order valence-electron chi connectivity index (χ1n) is 9.07. The number of halogens is 1. The summed E-state index contributed by atoms with van der Waals surface area (Å²) >= 11 is 0. The molecule has 132 valence electrons. The van der Waals surface area contributed by atoms with Crippen molar-refractivity contribution in [3.05, 3.63) is 53.8 Å². The van der Waals surface area contributed by atoms with Crippen LogP contribution in [0.1, 0.15) is 54.7 Å². The molecule has 4 rings (SSSR count). The molecule has 0 spiro atoms. The minimum absolute atomic E-state index is 0.0341. The van der Waals surface area contributed by atoms with Gasteiger partial charge in [0.1, 0.15) is 11.5 Å². The monoisotopic (exact) mass is 341 g/mol. The lowest BCUT2D eigenvalue weighted by Gasteiger charge is -2.46. The zero-order chi connectivity index (χ0) is 17.5. The molecular formula is C20H24FN3O. The normalized spacial score (nSPS) is 31.0. The SMILES string of the molecule is Cc1cccc(C(=O)N[C@@]23CCC[C@@](N4C=C(F)C=CC4)(CC2)C3)n1. The van der Waals surface area contributed by atoms with Crippen molar-refractivity contribution < 1.29 is 9.18 Å². The fourth-order valence-electron chi connectivity index (χ4n) is 4.85. The summed E-state index contributed by atoms with van der Waals surface area (Å²) in [6, 6.07) is 5.51. The van der Waals surface area contributed by atoms with Gasteiger partial charge in [0.15, 0.2) is 0 Å². The maximum atomic E-state index is 13.7. The third-order valence-electron chi connectivity index (χ3n) is 6.00. The molecule has 1 aliphatic heterocycles. The molecule has 3 aliphatic rings. The Morgan fingerprint density at radius 3 is 2.96 bits per heavy atom. The molecule has 0 aromatic carbocycles. The predicted octanol–water partition coefficient (Wildman–Crippen LogP) is 3.65. The van der Waals surface area contributed by atoms with E-state index in [1.165, 1.54) is 6.08 Å². The Morgan fingerprint density at radius 2 is 2.16 bits per heavy atom.